The minimum atomic E-state index is 0.0322. The fourth-order valence-electron chi connectivity index (χ4n) is 2.91. The van der Waals surface area contributed by atoms with Crippen molar-refractivity contribution in [3.05, 3.63) is 11.9 Å². The molecular weight excluding hydrogens is 280 g/mol. The number of rotatable bonds is 4. The maximum Gasteiger partial charge on any atom is 0.225 e. The molecule has 6 heteroatoms. The van der Waals surface area contributed by atoms with Gasteiger partial charge in [-0.25, -0.2) is 0 Å². The summed E-state index contributed by atoms with van der Waals surface area (Å²) >= 11 is 0. The third-order valence-electron chi connectivity index (χ3n) is 4.18. The van der Waals surface area contributed by atoms with Crippen LogP contribution in [0.4, 0.5) is 5.69 Å². The van der Waals surface area contributed by atoms with Crippen LogP contribution in [0.3, 0.4) is 0 Å². The van der Waals surface area contributed by atoms with E-state index in [4.69, 9.17) is 0 Å². The molecule has 0 bridgehead atoms. The smallest absolute Gasteiger partial charge is 0.225 e. The molecule has 0 atom stereocenters. The van der Waals surface area contributed by atoms with Gasteiger partial charge in [-0.3, -0.25) is 14.3 Å². The van der Waals surface area contributed by atoms with Crippen LogP contribution in [0.2, 0.25) is 0 Å². The minimum Gasteiger partial charge on any atom is -0.342 e. The van der Waals surface area contributed by atoms with Gasteiger partial charge >= 0.3 is 0 Å². The summed E-state index contributed by atoms with van der Waals surface area (Å²) in [7, 11) is 1.84. The van der Waals surface area contributed by atoms with Gasteiger partial charge < -0.3 is 10.2 Å². The Hall–Kier alpha value is -1.85. The maximum atomic E-state index is 12.1. The first kappa shape index (κ1) is 16.5. The van der Waals surface area contributed by atoms with Crippen molar-refractivity contribution in [1.82, 2.24) is 14.7 Å². The Balaban J connectivity index is 1.79. The van der Waals surface area contributed by atoms with E-state index in [1.54, 1.807) is 4.68 Å². The van der Waals surface area contributed by atoms with Crippen molar-refractivity contribution < 1.29 is 9.59 Å². The Kier molecular flexibility index (Phi) is 5.21. The Morgan fingerprint density at radius 1 is 1.36 bits per heavy atom. The summed E-state index contributed by atoms with van der Waals surface area (Å²) < 4.78 is 1.70. The molecule has 0 unspecified atom stereocenters. The number of likely N-dealkylation sites (tertiary alicyclic amines) is 1. The number of anilines is 1. The van der Waals surface area contributed by atoms with Crippen LogP contribution >= 0.6 is 0 Å². The minimum absolute atomic E-state index is 0.0322. The van der Waals surface area contributed by atoms with Gasteiger partial charge in [-0.2, -0.15) is 5.10 Å². The van der Waals surface area contributed by atoms with Gasteiger partial charge in [-0.1, -0.05) is 13.8 Å². The van der Waals surface area contributed by atoms with Crippen LogP contribution in [0.5, 0.6) is 0 Å². The highest BCUT2D eigenvalue weighted by Crippen LogP contribution is 2.22. The summed E-state index contributed by atoms with van der Waals surface area (Å²) in [5, 5.41) is 7.14. The van der Waals surface area contributed by atoms with Crippen molar-refractivity contribution in [3.63, 3.8) is 0 Å². The average molecular weight is 306 g/mol. The zero-order chi connectivity index (χ0) is 16.3. The lowest BCUT2D eigenvalue weighted by molar-refractivity contribution is -0.135. The van der Waals surface area contributed by atoms with Crippen LogP contribution in [0.1, 0.15) is 38.8 Å². The van der Waals surface area contributed by atoms with E-state index in [1.807, 2.05) is 38.9 Å². The van der Waals surface area contributed by atoms with Crippen molar-refractivity contribution in [1.29, 1.82) is 0 Å². The quantitative estimate of drug-likeness (QED) is 0.924. The van der Waals surface area contributed by atoms with Crippen molar-refractivity contribution in [2.75, 3.05) is 18.4 Å². The van der Waals surface area contributed by atoms with Crippen molar-refractivity contribution in [2.24, 2.45) is 18.9 Å². The van der Waals surface area contributed by atoms with Crippen LogP contribution in [-0.4, -0.2) is 39.6 Å². The van der Waals surface area contributed by atoms with Crippen LogP contribution in [0.25, 0.3) is 0 Å². The molecule has 0 saturated carbocycles. The Bertz CT molecular complexity index is 542. The maximum absolute atomic E-state index is 12.1. The standard InChI is InChI=1S/C16H26N4O2/c1-11(2)16(22)20-7-5-13(6-8-20)9-15(21)17-14-10-19(4)18-12(14)3/h10-11,13H,5-9H2,1-4H3,(H,17,21). The fourth-order valence-corrected chi connectivity index (χ4v) is 2.91. The summed E-state index contributed by atoms with van der Waals surface area (Å²) in [6, 6.07) is 0. The molecule has 0 aliphatic carbocycles. The molecule has 0 aromatic carbocycles. The number of hydrogen-bond donors (Lipinski definition) is 1. The zero-order valence-corrected chi connectivity index (χ0v) is 13.9. The average Bonchev–Trinajstić information content (AvgIpc) is 2.76. The Morgan fingerprint density at radius 2 is 2.00 bits per heavy atom. The number of hydrogen-bond acceptors (Lipinski definition) is 3. The van der Waals surface area contributed by atoms with Gasteiger partial charge in [0.2, 0.25) is 11.8 Å². The molecule has 1 saturated heterocycles. The number of aryl methyl sites for hydroxylation is 2. The summed E-state index contributed by atoms with van der Waals surface area (Å²) in [5.74, 6) is 0.653. The van der Waals surface area contributed by atoms with Gasteiger partial charge in [-0.05, 0) is 25.7 Å². The predicted octanol–water partition coefficient (Wildman–Crippen LogP) is 1.95. The SMILES string of the molecule is Cc1nn(C)cc1NC(=O)CC1CCN(C(=O)C(C)C)CC1. The van der Waals surface area contributed by atoms with Gasteiger partial charge in [0.05, 0.1) is 11.4 Å². The highest BCUT2D eigenvalue weighted by molar-refractivity contribution is 5.91. The second kappa shape index (κ2) is 6.94. The fraction of sp³-hybridized carbons (Fsp3) is 0.688. The first-order valence-corrected chi connectivity index (χ1v) is 7.95. The topological polar surface area (TPSA) is 67.2 Å². The van der Waals surface area contributed by atoms with Gasteiger partial charge in [-0.15, -0.1) is 0 Å². The number of nitrogens with zero attached hydrogens (tertiary/aromatic N) is 3. The number of carbonyl (C=O) groups excluding carboxylic acids is 2. The number of carbonyl (C=O) groups is 2. The summed E-state index contributed by atoms with van der Waals surface area (Å²) in [4.78, 5) is 26.0. The Morgan fingerprint density at radius 3 is 2.50 bits per heavy atom. The molecule has 22 heavy (non-hydrogen) atoms. The Labute approximate surface area is 131 Å². The van der Waals surface area contributed by atoms with E-state index in [0.29, 0.717) is 12.3 Å². The number of aromatic nitrogens is 2. The normalized spacial score (nSPS) is 16.1. The molecule has 0 spiro atoms. The van der Waals surface area contributed by atoms with Crippen LogP contribution < -0.4 is 5.32 Å². The van der Waals surface area contributed by atoms with Crippen molar-refractivity contribution in [2.45, 2.75) is 40.0 Å². The van der Waals surface area contributed by atoms with Gasteiger partial charge in [0.15, 0.2) is 0 Å². The summed E-state index contributed by atoms with van der Waals surface area (Å²) in [5.41, 5.74) is 1.60. The molecule has 1 N–H and O–H groups in total. The molecular formula is C16H26N4O2. The molecule has 0 radical (unpaired) electrons. The highest BCUT2D eigenvalue weighted by Gasteiger charge is 2.25. The summed E-state index contributed by atoms with van der Waals surface area (Å²) in [6.07, 6.45) is 4.13. The van der Waals surface area contributed by atoms with Gasteiger partial charge in [0.1, 0.15) is 0 Å². The van der Waals surface area contributed by atoms with Crippen LogP contribution in [-0.2, 0) is 16.6 Å². The second-order valence-electron chi connectivity index (χ2n) is 6.48. The molecule has 6 nitrogen and oxygen atoms in total. The highest BCUT2D eigenvalue weighted by atomic mass is 16.2. The number of nitrogens with one attached hydrogen (secondary N) is 1. The number of amides is 2. The molecule has 2 rings (SSSR count). The van der Waals surface area contributed by atoms with Crippen molar-refractivity contribution >= 4 is 17.5 Å². The van der Waals surface area contributed by atoms with E-state index >= 15 is 0 Å². The third-order valence-corrected chi connectivity index (χ3v) is 4.18. The summed E-state index contributed by atoms with van der Waals surface area (Å²) in [6.45, 7) is 7.27. The molecule has 1 fully saturated rings. The van der Waals surface area contributed by atoms with Crippen LogP contribution in [0.15, 0.2) is 6.20 Å². The molecule has 1 aromatic heterocycles. The molecule has 1 aliphatic rings. The first-order valence-electron chi connectivity index (χ1n) is 7.95. The van der Waals surface area contributed by atoms with E-state index in [1.165, 1.54) is 0 Å². The molecule has 1 aliphatic heterocycles. The monoisotopic (exact) mass is 306 g/mol. The van der Waals surface area contributed by atoms with E-state index in [0.717, 1.165) is 37.3 Å². The second-order valence-corrected chi connectivity index (χ2v) is 6.48. The van der Waals surface area contributed by atoms with Gasteiger partial charge in [0.25, 0.3) is 0 Å². The van der Waals surface area contributed by atoms with Crippen molar-refractivity contribution in [3.8, 4) is 0 Å². The molecule has 2 amide bonds. The largest absolute Gasteiger partial charge is 0.342 e. The molecule has 122 valence electrons. The van der Waals surface area contributed by atoms with Gasteiger partial charge in [0, 0.05) is 38.7 Å². The zero-order valence-electron chi connectivity index (χ0n) is 13.9. The van der Waals surface area contributed by atoms with E-state index in [-0.39, 0.29) is 17.7 Å². The lowest BCUT2D eigenvalue weighted by atomic mass is 9.92. The van der Waals surface area contributed by atoms with E-state index < -0.39 is 0 Å². The number of piperidine rings is 1. The molecule has 2 heterocycles. The lowest BCUT2D eigenvalue weighted by Crippen LogP contribution is -2.41. The predicted molar refractivity (Wildman–Crippen MR) is 85.3 cm³/mol. The van der Waals surface area contributed by atoms with Crippen LogP contribution in [0, 0.1) is 18.8 Å². The lowest BCUT2D eigenvalue weighted by Gasteiger charge is -2.32. The third kappa shape index (κ3) is 4.08. The first-order chi connectivity index (χ1) is 10.4. The van der Waals surface area contributed by atoms with E-state index in [9.17, 15) is 9.59 Å². The molecule has 1 aromatic rings. The van der Waals surface area contributed by atoms with E-state index in [2.05, 4.69) is 10.4 Å².